The van der Waals surface area contributed by atoms with Crippen molar-refractivity contribution in [3.63, 3.8) is 0 Å². The van der Waals surface area contributed by atoms with E-state index in [-0.39, 0.29) is 35.5 Å². The van der Waals surface area contributed by atoms with E-state index in [1.165, 1.54) is 7.05 Å². The van der Waals surface area contributed by atoms with Crippen molar-refractivity contribution >= 4 is 34.1 Å². The molecule has 1 atom stereocenters. The number of nitrogen functional groups attached to an aromatic ring is 1. The summed E-state index contributed by atoms with van der Waals surface area (Å²) in [6, 6.07) is 0. The van der Waals surface area contributed by atoms with Gasteiger partial charge in [0.1, 0.15) is 22.0 Å². The number of amides is 2. The second-order valence-electron chi connectivity index (χ2n) is 6.25. The van der Waals surface area contributed by atoms with Gasteiger partial charge in [0.25, 0.3) is 11.8 Å². The summed E-state index contributed by atoms with van der Waals surface area (Å²) in [4.78, 5) is 40.0. The maximum absolute atomic E-state index is 12.5. The summed E-state index contributed by atoms with van der Waals surface area (Å²) >= 11 is 1.06. The minimum Gasteiger partial charge on any atom is -0.462 e. The molecule has 0 spiro atoms. The van der Waals surface area contributed by atoms with E-state index in [9.17, 15) is 14.4 Å². The number of nitrogens with one attached hydrogen (secondary N) is 2. The lowest BCUT2D eigenvalue weighted by Crippen LogP contribution is -3.09. The Kier molecular flexibility index (Phi) is 7.57. The smallest absolute Gasteiger partial charge is 0.341 e. The predicted octanol–water partition coefficient (Wildman–Crippen LogP) is -1.26. The van der Waals surface area contributed by atoms with Crippen LogP contribution in [0.25, 0.3) is 0 Å². The first-order chi connectivity index (χ1) is 12.9. The van der Waals surface area contributed by atoms with Crippen molar-refractivity contribution < 1.29 is 28.8 Å². The molecule has 0 aliphatic carbocycles. The van der Waals surface area contributed by atoms with Crippen molar-refractivity contribution in [1.29, 1.82) is 0 Å². The van der Waals surface area contributed by atoms with E-state index in [2.05, 4.69) is 5.32 Å². The molecule has 2 heterocycles. The van der Waals surface area contributed by atoms with Crippen molar-refractivity contribution in [3.05, 3.63) is 16.0 Å². The summed E-state index contributed by atoms with van der Waals surface area (Å²) in [5, 5.41) is 2.81. The molecule has 0 bridgehead atoms. The molecule has 9 nitrogen and oxygen atoms in total. The Morgan fingerprint density at radius 1 is 1.33 bits per heavy atom. The monoisotopic (exact) mass is 399 g/mol. The van der Waals surface area contributed by atoms with Crippen LogP contribution in [-0.2, 0) is 20.8 Å². The molecular formula is C17H27N4O5S+. The van der Waals surface area contributed by atoms with E-state index >= 15 is 0 Å². The molecule has 1 aromatic rings. The normalized spacial score (nSPS) is 15.3. The first-order valence-corrected chi connectivity index (χ1v) is 9.67. The number of likely N-dealkylation sites (N-methyl/N-ethyl adjacent to an activating group) is 1. The minimum atomic E-state index is -0.552. The number of anilines is 1. The van der Waals surface area contributed by atoms with Gasteiger partial charge < -0.3 is 30.3 Å². The van der Waals surface area contributed by atoms with Crippen LogP contribution in [0.2, 0.25) is 0 Å². The number of carbonyl (C=O) groups is 3. The van der Waals surface area contributed by atoms with E-state index in [0.29, 0.717) is 43.3 Å². The van der Waals surface area contributed by atoms with Gasteiger partial charge in [0.15, 0.2) is 6.54 Å². The Morgan fingerprint density at radius 2 is 2.00 bits per heavy atom. The van der Waals surface area contributed by atoms with Crippen molar-refractivity contribution in [2.75, 3.05) is 59.3 Å². The fourth-order valence-corrected chi connectivity index (χ4v) is 3.95. The predicted molar refractivity (Wildman–Crippen MR) is 101 cm³/mol. The average molecular weight is 399 g/mol. The highest BCUT2D eigenvalue weighted by atomic mass is 32.1. The zero-order valence-corrected chi connectivity index (χ0v) is 16.7. The summed E-state index contributed by atoms with van der Waals surface area (Å²) in [5.41, 5.74) is 6.74. The molecule has 2 rings (SSSR count). The summed E-state index contributed by atoms with van der Waals surface area (Å²) in [6.07, 6.45) is 0. The number of esters is 1. The number of quaternary nitrogens is 1. The van der Waals surface area contributed by atoms with Crippen LogP contribution in [-0.4, -0.2) is 76.2 Å². The van der Waals surface area contributed by atoms with E-state index in [1.54, 1.807) is 11.8 Å². The number of hydrogen-bond acceptors (Lipinski definition) is 7. The largest absolute Gasteiger partial charge is 0.462 e. The lowest BCUT2D eigenvalue weighted by atomic mass is 10.1. The van der Waals surface area contributed by atoms with Crippen LogP contribution < -0.4 is 16.0 Å². The highest BCUT2D eigenvalue weighted by Crippen LogP contribution is 2.31. The molecule has 1 saturated heterocycles. The fourth-order valence-electron chi connectivity index (χ4n) is 2.92. The van der Waals surface area contributed by atoms with Gasteiger partial charge in [0.2, 0.25) is 0 Å². The van der Waals surface area contributed by atoms with Crippen molar-refractivity contribution in [3.8, 4) is 0 Å². The first kappa shape index (κ1) is 21.1. The van der Waals surface area contributed by atoms with E-state index in [1.807, 2.05) is 7.05 Å². The number of hydrogen-bond donors (Lipinski definition) is 3. The summed E-state index contributed by atoms with van der Waals surface area (Å²) in [6.45, 7) is 4.70. The molecule has 0 radical (unpaired) electrons. The van der Waals surface area contributed by atoms with Gasteiger partial charge in [-0.1, -0.05) is 0 Å². The molecule has 0 aromatic carbocycles. The van der Waals surface area contributed by atoms with Gasteiger partial charge in [-0.2, -0.15) is 0 Å². The molecule has 10 heteroatoms. The molecule has 1 aliphatic rings. The topological polar surface area (TPSA) is 115 Å². The molecule has 27 heavy (non-hydrogen) atoms. The summed E-state index contributed by atoms with van der Waals surface area (Å²) in [7, 11) is 3.36. The van der Waals surface area contributed by atoms with Gasteiger partial charge in [0.05, 0.1) is 26.9 Å². The quantitative estimate of drug-likeness (QED) is 0.493. The van der Waals surface area contributed by atoms with Crippen LogP contribution >= 0.6 is 11.3 Å². The van der Waals surface area contributed by atoms with Crippen molar-refractivity contribution in [1.82, 2.24) is 10.2 Å². The Hall–Kier alpha value is -2.17. The number of rotatable bonds is 7. The van der Waals surface area contributed by atoms with Gasteiger partial charge >= 0.3 is 5.97 Å². The zero-order valence-electron chi connectivity index (χ0n) is 15.9. The van der Waals surface area contributed by atoms with E-state index in [0.717, 1.165) is 16.2 Å². The lowest BCUT2D eigenvalue weighted by Gasteiger charge is -2.27. The number of carbonyl (C=O) groups excluding carboxylic acids is 3. The second-order valence-corrected chi connectivity index (χ2v) is 7.30. The van der Waals surface area contributed by atoms with Crippen LogP contribution in [0.15, 0.2) is 0 Å². The molecule has 1 fully saturated rings. The number of nitrogens with two attached hydrogens (primary N) is 1. The third-order valence-corrected chi connectivity index (χ3v) is 5.30. The number of morpholine rings is 1. The van der Waals surface area contributed by atoms with E-state index < -0.39 is 5.97 Å². The SMILES string of the molecule is CCOC(=O)c1c(N)sc(C(=O)NC)c1C[NH+](C)CC(=O)N1CCOCC1. The number of thiophene rings is 1. The van der Waals surface area contributed by atoms with Gasteiger partial charge in [-0.15, -0.1) is 11.3 Å². The molecular weight excluding hydrogens is 372 g/mol. The minimum absolute atomic E-state index is 0.0122. The molecule has 2 amide bonds. The maximum Gasteiger partial charge on any atom is 0.341 e. The third-order valence-electron chi connectivity index (χ3n) is 4.24. The summed E-state index contributed by atoms with van der Waals surface area (Å²) < 4.78 is 10.4. The van der Waals surface area contributed by atoms with Crippen LogP contribution in [0.3, 0.4) is 0 Å². The molecule has 1 aromatic heterocycles. The maximum atomic E-state index is 12.5. The number of ether oxygens (including phenoxy) is 2. The second kappa shape index (κ2) is 9.67. The van der Waals surface area contributed by atoms with Gasteiger partial charge in [0, 0.05) is 25.7 Å². The summed E-state index contributed by atoms with van der Waals surface area (Å²) in [5.74, 6) is -0.855. The van der Waals surface area contributed by atoms with Crippen LogP contribution in [0.5, 0.6) is 0 Å². The Balaban J connectivity index is 2.20. The zero-order chi connectivity index (χ0) is 20.0. The van der Waals surface area contributed by atoms with Crippen LogP contribution in [0, 0.1) is 0 Å². The molecule has 4 N–H and O–H groups in total. The van der Waals surface area contributed by atoms with Crippen LogP contribution in [0.1, 0.15) is 32.5 Å². The van der Waals surface area contributed by atoms with Crippen molar-refractivity contribution in [2.24, 2.45) is 0 Å². The average Bonchev–Trinajstić information content (AvgIpc) is 2.97. The highest BCUT2D eigenvalue weighted by molar-refractivity contribution is 7.18. The standard InChI is InChI=1S/C17H26N4O5S/c1-4-26-17(24)13-11(14(16(23)19-2)27-15(13)18)9-20(3)10-12(22)21-5-7-25-8-6-21/h4-10,18H2,1-3H3,(H,19,23)/p+1. The van der Waals surface area contributed by atoms with Gasteiger partial charge in [-0.05, 0) is 6.92 Å². The highest BCUT2D eigenvalue weighted by Gasteiger charge is 2.29. The lowest BCUT2D eigenvalue weighted by molar-refractivity contribution is -0.885. The van der Waals surface area contributed by atoms with E-state index in [4.69, 9.17) is 15.2 Å². The molecule has 1 aliphatic heterocycles. The third kappa shape index (κ3) is 5.18. The Morgan fingerprint density at radius 3 is 2.59 bits per heavy atom. The molecule has 0 saturated carbocycles. The Bertz CT molecular complexity index is 700. The Labute approximate surface area is 162 Å². The fraction of sp³-hybridized carbons (Fsp3) is 0.588. The van der Waals surface area contributed by atoms with Gasteiger partial charge in [-0.25, -0.2) is 4.79 Å². The molecule has 150 valence electrons. The first-order valence-electron chi connectivity index (χ1n) is 8.86. The number of nitrogens with zero attached hydrogens (tertiary/aromatic N) is 1. The van der Waals surface area contributed by atoms with Crippen LogP contribution in [0.4, 0.5) is 5.00 Å². The molecule has 1 unspecified atom stereocenters. The van der Waals surface area contributed by atoms with Gasteiger partial charge in [-0.3, -0.25) is 9.59 Å². The van der Waals surface area contributed by atoms with Crippen molar-refractivity contribution in [2.45, 2.75) is 13.5 Å².